The number of nitrogens with one attached hydrogen (secondary N) is 1. The van der Waals surface area contributed by atoms with E-state index < -0.39 is 0 Å². The highest BCUT2D eigenvalue weighted by Crippen LogP contribution is 2.29. The summed E-state index contributed by atoms with van der Waals surface area (Å²) >= 11 is 0.906. The van der Waals surface area contributed by atoms with Crippen molar-refractivity contribution in [1.82, 2.24) is 14.6 Å². The number of carbonyl (C=O) groups excluding carboxylic acids is 1. The first-order chi connectivity index (χ1) is 7.74. The minimum Gasteiger partial charge on any atom is -0.293 e. The Morgan fingerprint density at radius 3 is 3.00 bits per heavy atom. The number of carbonyl (C=O) groups is 1. The van der Waals surface area contributed by atoms with Gasteiger partial charge in [0.1, 0.15) is 0 Å². The summed E-state index contributed by atoms with van der Waals surface area (Å²) in [5, 5.41) is 7.02. The van der Waals surface area contributed by atoms with Gasteiger partial charge in [-0.1, -0.05) is 12.1 Å². The number of fused-ring (bicyclic) bond motifs is 1. The number of hydrogen-bond acceptors (Lipinski definition) is 3. The molecule has 0 radical (unpaired) electrons. The van der Waals surface area contributed by atoms with E-state index in [-0.39, 0.29) is 11.8 Å². The molecule has 0 saturated heterocycles. The first-order valence-electron chi connectivity index (χ1n) is 5.37. The number of aromatic nitrogens is 3. The molecule has 2 heterocycles. The Morgan fingerprint density at radius 1 is 1.50 bits per heavy atom. The maximum atomic E-state index is 11.5. The van der Waals surface area contributed by atoms with Crippen molar-refractivity contribution in [1.29, 1.82) is 0 Å². The van der Waals surface area contributed by atoms with Crippen LogP contribution in [0.3, 0.4) is 0 Å². The summed E-state index contributed by atoms with van der Waals surface area (Å²) in [6, 6.07) is 5.86. The zero-order chi connectivity index (χ0) is 11.1. The SMILES string of the molecule is O=C(Nc1nc2ccc[c]([AlH2])n2n1)C1CC1. The Bertz CT molecular complexity index is 561. The second-order valence-electron chi connectivity index (χ2n) is 4.14. The van der Waals surface area contributed by atoms with Gasteiger partial charge in [0.2, 0.25) is 11.9 Å². The van der Waals surface area contributed by atoms with E-state index >= 15 is 0 Å². The molecule has 0 unspecified atom stereocenters. The van der Waals surface area contributed by atoms with Crippen LogP contribution in [0.15, 0.2) is 18.2 Å². The molecule has 0 aliphatic heterocycles. The molecule has 2 aromatic heterocycles. The molecule has 1 aliphatic carbocycles. The molecule has 80 valence electrons. The second kappa shape index (κ2) is 3.58. The second-order valence-corrected chi connectivity index (χ2v) is 5.16. The van der Waals surface area contributed by atoms with Gasteiger partial charge in [-0.3, -0.25) is 10.1 Å². The molecule has 6 heteroatoms. The number of anilines is 1. The summed E-state index contributed by atoms with van der Waals surface area (Å²) < 4.78 is 2.92. The maximum absolute atomic E-state index is 11.5. The fraction of sp³-hybridized carbons (Fsp3) is 0.300. The predicted molar refractivity (Wildman–Crippen MR) is 62.5 cm³/mol. The Balaban J connectivity index is 1.92. The lowest BCUT2D eigenvalue weighted by molar-refractivity contribution is -0.117. The summed E-state index contributed by atoms with van der Waals surface area (Å²) in [7, 11) is 0. The normalized spacial score (nSPS) is 15.2. The lowest BCUT2D eigenvalue weighted by Crippen LogP contribution is -2.16. The van der Waals surface area contributed by atoms with Gasteiger partial charge in [-0.15, -0.1) is 5.10 Å². The van der Waals surface area contributed by atoms with Crippen LogP contribution >= 0.6 is 0 Å². The maximum Gasteiger partial charge on any atom is 0.290 e. The van der Waals surface area contributed by atoms with E-state index in [1.807, 2.05) is 18.2 Å². The van der Waals surface area contributed by atoms with Crippen molar-refractivity contribution in [3.63, 3.8) is 0 Å². The van der Waals surface area contributed by atoms with Gasteiger partial charge in [-0.2, -0.15) is 4.98 Å². The topological polar surface area (TPSA) is 59.3 Å². The lowest BCUT2D eigenvalue weighted by atomic mass is 10.4. The van der Waals surface area contributed by atoms with Crippen LogP contribution < -0.4 is 9.87 Å². The van der Waals surface area contributed by atoms with Gasteiger partial charge in [-0.25, -0.2) is 4.52 Å². The zero-order valence-corrected chi connectivity index (χ0v) is 11.0. The van der Waals surface area contributed by atoms with Crippen molar-refractivity contribution in [2.24, 2.45) is 5.92 Å². The largest absolute Gasteiger partial charge is 0.293 e. The summed E-state index contributed by atoms with van der Waals surface area (Å²) in [6.45, 7) is 0. The first-order valence-corrected chi connectivity index (χ1v) is 6.37. The van der Waals surface area contributed by atoms with Gasteiger partial charge in [0.05, 0.1) is 0 Å². The monoisotopic (exact) mass is 230 g/mol. The van der Waals surface area contributed by atoms with Crippen LogP contribution in [-0.4, -0.2) is 36.8 Å². The fourth-order valence-electron chi connectivity index (χ4n) is 1.65. The van der Waals surface area contributed by atoms with Crippen LogP contribution in [-0.2, 0) is 4.79 Å². The van der Waals surface area contributed by atoms with Gasteiger partial charge in [0.15, 0.2) is 5.65 Å². The molecule has 3 rings (SSSR count). The van der Waals surface area contributed by atoms with Gasteiger partial charge in [-0.05, 0) is 23.5 Å². The van der Waals surface area contributed by atoms with Crippen LogP contribution in [0, 0.1) is 5.92 Å². The smallest absolute Gasteiger partial charge is 0.290 e. The number of hydrogen-bond donors (Lipinski definition) is 1. The molecule has 0 bridgehead atoms. The molecule has 1 amide bonds. The minimum absolute atomic E-state index is 0.0470. The number of pyridine rings is 1. The van der Waals surface area contributed by atoms with E-state index in [1.54, 1.807) is 4.52 Å². The van der Waals surface area contributed by atoms with Crippen molar-refractivity contribution >= 4 is 38.3 Å². The van der Waals surface area contributed by atoms with Gasteiger partial charge in [0, 0.05) is 5.92 Å². The van der Waals surface area contributed by atoms with E-state index in [2.05, 4.69) is 15.4 Å². The zero-order valence-electron chi connectivity index (χ0n) is 8.97. The molecule has 16 heavy (non-hydrogen) atoms. The van der Waals surface area contributed by atoms with E-state index in [0.29, 0.717) is 5.95 Å². The van der Waals surface area contributed by atoms with Crippen LogP contribution in [0.4, 0.5) is 5.95 Å². The lowest BCUT2D eigenvalue weighted by Gasteiger charge is -1.96. The van der Waals surface area contributed by atoms with E-state index in [0.717, 1.165) is 39.3 Å². The quantitative estimate of drug-likeness (QED) is 0.696. The molecule has 0 atom stereocenters. The number of rotatable bonds is 2. The van der Waals surface area contributed by atoms with Crippen LogP contribution in [0.5, 0.6) is 0 Å². The highest BCUT2D eigenvalue weighted by molar-refractivity contribution is 6.31. The molecule has 1 N–H and O–H groups in total. The predicted octanol–water partition coefficient (Wildman–Crippen LogP) is -0.664. The minimum atomic E-state index is 0.0470. The molecule has 5 nitrogen and oxygen atoms in total. The van der Waals surface area contributed by atoms with Gasteiger partial charge < -0.3 is 0 Å². The molecule has 1 saturated carbocycles. The summed E-state index contributed by atoms with van der Waals surface area (Å²) in [4.78, 5) is 15.8. The van der Waals surface area contributed by atoms with Crippen molar-refractivity contribution in [2.45, 2.75) is 12.8 Å². The Hall–Kier alpha value is -1.38. The third kappa shape index (κ3) is 1.71. The average Bonchev–Trinajstić information content (AvgIpc) is 3.01. The number of nitrogens with zero attached hydrogens (tertiary/aromatic N) is 3. The van der Waals surface area contributed by atoms with Crippen molar-refractivity contribution < 1.29 is 4.79 Å². The molecule has 0 spiro atoms. The summed E-state index contributed by atoms with van der Waals surface area (Å²) in [6.07, 6.45) is 1.98. The Morgan fingerprint density at radius 2 is 2.31 bits per heavy atom. The van der Waals surface area contributed by atoms with Gasteiger partial charge >= 0.3 is 0 Å². The third-order valence-electron chi connectivity index (χ3n) is 2.73. The van der Waals surface area contributed by atoms with Crippen molar-refractivity contribution in [3.05, 3.63) is 18.2 Å². The molecular weight excluding hydrogens is 219 g/mol. The van der Waals surface area contributed by atoms with E-state index in [9.17, 15) is 4.79 Å². The van der Waals surface area contributed by atoms with Crippen LogP contribution in [0.25, 0.3) is 5.65 Å². The first kappa shape index (κ1) is 9.82. The highest BCUT2D eigenvalue weighted by Gasteiger charge is 2.30. The van der Waals surface area contributed by atoms with Crippen molar-refractivity contribution in [2.75, 3.05) is 5.32 Å². The van der Waals surface area contributed by atoms with Crippen LogP contribution in [0.2, 0.25) is 0 Å². The van der Waals surface area contributed by atoms with E-state index in [1.165, 1.54) is 0 Å². The van der Waals surface area contributed by atoms with E-state index in [4.69, 9.17) is 0 Å². The van der Waals surface area contributed by atoms with Crippen molar-refractivity contribution in [3.8, 4) is 0 Å². The molecular formula is C10H11AlN4O. The summed E-state index contributed by atoms with van der Waals surface area (Å²) in [5.74, 6) is 0.646. The highest BCUT2D eigenvalue weighted by atomic mass is 27.0. The number of amides is 1. The average molecular weight is 230 g/mol. The Labute approximate surface area is 100 Å². The Kier molecular flexibility index (Phi) is 2.20. The third-order valence-corrected chi connectivity index (χ3v) is 3.49. The molecule has 1 fully saturated rings. The van der Waals surface area contributed by atoms with Crippen LogP contribution in [0.1, 0.15) is 12.8 Å². The summed E-state index contributed by atoms with van der Waals surface area (Å²) in [5.41, 5.74) is 0.790. The van der Waals surface area contributed by atoms with Gasteiger partial charge in [0.25, 0.3) is 16.3 Å². The molecule has 2 aromatic rings. The standard InChI is InChI=1S/C10H9N4O.Al.2H/c15-9(7-4-5-7)12-10-11-8-3-1-2-6-14(8)13-10;;;/h1-3,7H,4-5H2,(H,12,13,15);;;. The fourth-order valence-corrected chi connectivity index (χ4v) is 2.17. The molecule has 0 aromatic carbocycles. The molecule has 1 aliphatic rings.